The number of nitrogens with zero attached hydrogens (tertiary/aromatic N) is 5. The Bertz CT molecular complexity index is 1470. The number of hydrogen-bond acceptors (Lipinski definition) is 6. The summed E-state index contributed by atoms with van der Waals surface area (Å²) < 4.78 is 61.2. The predicted molar refractivity (Wildman–Crippen MR) is 114 cm³/mol. The van der Waals surface area contributed by atoms with E-state index in [4.69, 9.17) is 10.5 Å². The molecular formula is C22H18F4N6O2. The number of amides is 1. The topological polar surface area (TPSA) is 99.2 Å². The van der Waals surface area contributed by atoms with E-state index in [9.17, 15) is 18.0 Å². The van der Waals surface area contributed by atoms with Crippen LogP contribution in [0.2, 0.25) is 0 Å². The molecule has 3 aromatic heterocycles. The molecule has 1 aromatic carbocycles. The Morgan fingerprint density at radius 1 is 1.24 bits per heavy atom. The maximum absolute atomic E-state index is 15.0. The number of aryl methyl sites for hydroxylation is 1. The second-order valence-corrected chi connectivity index (χ2v) is 8.09. The smallest absolute Gasteiger partial charge is 0.383 e. The van der Waals surface area contributed by atoms with Gasteiger partial charge in [0.1, 0.15) is 17.3 Å². The van der Waals surface area contributed by atoms with E-state index in [-0.39, 0.29) is 35.7 Å². The minimum absolute atomic E-state index is 0.0293. The van der Waals surface area contributed by atoms with Crippen LogP contribution in [-0.4, -0.2) is 44.2 Å². The molecule has 0 bridgehead atoms. The number of anilines is 1. The lowest BCUT2D eigenvalue weighted by Crippen LogP contribution is -2.37. The molecule has 8 nitrogen and oxygen atoms in total. The van der Waals surface area contributed by atoms with Gasteiger partial charge in [0.15, 0.2) is 0 Å². The fourth-order valence-electron chi connectivity index (χ4n) is 4.25. The third-order valence-corrected chi connectivity index (χ3v) is 6.02. The lowest BCUT2D eigenvalue weighted by molar-refractivity contribution is -0.141. The van der Waals surface area contributed by atoms with Gasteiger partial charge in [-0.25, -0.2) is 9.37 Å². The van der Waals surface area contributed by atoms with Crippen LogP contribution >= 0.6 is 0 Å². The van der Waals surface area contributed by atoms with Crippen LogP contribution in [-0.2, 0) is 24.6 Å². The van der Waals surface area contributed by atoms with E-state index >= 15 is 4.39 Å². The van der Waals surface area contributed by atoms with Crippen LogP contribution in [0, 0.1) is 5.82 Å². The molecule has 0 fully saturated rings. The minimum Gasteiger partial charge on any atom is -0.383 e. The van der Waals surface area contributed by atoms with Crippen molar-refractivity contribution < 1.29 is 27.1 Å². The summed E-state index contributed by atoms with van der Waals surface area (Å²) in [6.07, 6.45) is -1.98. The molecule has 0 radical (unpaired) electrons. The zero-order valence-corrected chi connectivity index (χ0v) is 18.0. The standard InChI is InChI=1S/C22H18F4N6O2/c1-31(17-9-34-8-10-3-18(22(24,25)26)28-6-13(10)17)21(33)11-4-12-16(5-15(11)23)30-20(27)14-7-29-32(2)19(12)14/h3-7,17H,8-9H2,1-2H3,(H2,27,30)/t17-/m1/s1. The highest BCUT2D eigenvalue weighted by atomic mass is 19.4. The second kappa shape index (κ2) is 7.62. The van der Waals surface area contributed by atoms with Crippen LogP contribution in [0.1, 0.15) is 33.2 Å². The summed E-state index contributed by atoms with van der Waals surface area (Å²) in [7, 11) is 3.13. The first-order valence-electron chi connectivity index (χ1n) is 10.2. The van der Waals surface area contributed by atoms with E-state index in [1.807, 2.05) is 0 Å². The van der Waals surface area contributed by atoms with Gasteiger partial charge in [-0.15, -0.1) is 0 Å². The summed E-state index contributed by atoms with van der Waals surface area (Å²) in [4.78, 5) is 22.3. The number of nitrogen functional groups attached to an aromatic ring is 1. The Balaban J connectivity index is 1.56. The van der Waals surface area contributed by atoms with Gasteiger partial charge in [0.2, 0.25) is 0 Å². The van der Waals surface area contributed by atoms with Gasteiger partial charge >= 0.3 is 6.18 Å². The van der Waals surface area contributed by atoms with E-state index in [0.29, 0.717) is 21.9 Å². The highest BCUT2D eigenvalue weighted by molar-refractivity contribution is 6.10. The van der Waals surface area contributed by atoms with Gasteiger partial charge < -0.3 is 15.4 Å². The van der Waals surface area contributed by atoms with Crippen LogP contribution < -0.4 is 5.73 Å². The number of fused-ring (bicyclic) bond motifs is 4. The number of carbonyl (C=O) groups is 1. The zero-order chi connectivity index (χ0) is 24.4. The van der Waals surface area contributed by atoms with E-state index in [1.165, 1.54) is 24.2 Å². The van der Waals surface area contributed by atoms with Crippen molar-refractivity contribution in [2.45, 2.75) is 18.8 Å². The fraction of sp³-hybridized carbons (Fsp3) is 0.273. The molecule has 176 valence electrons. The third kappa shape index (κ3) is 3.41. The van der Waals surface area contributed by atoms with Crippen LogP contribution in [0.5, 0.6) is 0 Å². The summed E-state index contributed by atoms with van der Waals surface area (Å²) in [6.45, 7) is -0.0170. The summed E-state index contributed by atoms with van der Waals surface area (Å²) in [5, 5.41) is 5.22. The number of benzene rings is 1. The van der Waals surface area contributed by atoms with Crippen LogP contribution in [0.25, 0.3) is 21.8 Å². The summed E-state index contributed by atoms with van der Waals surface area (Å²) >= 11 is 0. The number of alkyl halides is 3. The van der Waals surface area contributed by atoms with Crippen molar-refractivity contribution in [3.05, 3.63) is 58.8 Å². The molecule has 1 amide bonds. The fourth-order valence-corrected chi connectivity index (χ4v) is 4.25. The number of hydrogen-bond donors (Lipinski definition) is 1. The Labute approximate surface area is 189 Å². The SMILES string of the molecule is CN(C(=O)c1cc2c(cc1F)nc(N)c1cnn(C)c12)[C@@H]1COCc2cc(C(F)(F)F)ncc21. The monoisotopic (exact) mass is 474 g/mol. The lowest BCUT2D eigenvalue weighted by Gasteiger charge is -2.33. The Morgan fingerprint density at radius 2 is 2.00 bits per heavy atom. The van der Waals surface area contributed by atoms with Gasteiger partial charge in [0.05, 0.1) is 47.4 Å². The van der Waals surface area contributed by atoms with Crippen molar-refractivity contribution in [2.24, 2.45) is 7.05 Å². The summed E-state index contributed by atoms with van der Waals surface area (Å²) in [5.74, 6) is -1.29. The molecule has 12 heteroatoms. The van der Waals surface area contributed by atoms with Gasteiger partial charge in [0.25, 0.3) is 5.91 Å². The average molecular weight is 474 g/mol. The number of halogens is 4. The maximum atomic E-state index is 15.0. The quantitative estimate of drug-likeness (QED) is 0.446. The van der Waals surface area contributed by atoms with Gasteiger partial charge in [-0.3, -0.25) is 14.5 Å². The molecule has 1 aliphatic rings. The number of ether oxygens (including phenoxy) is 1. The molecule has 0 unspecified atom stereocenters. The van der Waals surface area contributed by atoms with Crippen molar-refractivity contribution in [1.29, 1.82) is 0 Å². The maximum Gasteiger partial charge on any atom is 0.433 e. The summed E-state index contributed by atoms with van der Waals surface area (Å²) in [6, 6.07) is 2.67. The van der Waals surface area contributed by atoms with Crippen molar-refractivity contribution in [3.8, 4) is 0 Å². The highest BCUT2D eigenvalue weighted by Crippen LogP contribution is 2.35. The Kier molecular flexibility index (Phi) is 4.93. The summed E-state index contributed by atoms with van der Waals surface area (Å²) in [5.41, 5.74) is 6.23. The molecule has 34 heavy (non-hydrogen) atoms. The molecule has 4 aromatic rings. The van der Waals surface area contributed by atoms with E-state index in [1.54, 1.807) is 11.7 Å². The van der Waals surface area contributed by atoms with Crippen molar-refractivity contribution in [2.75, 3.05) is 19.4 Å². The minimum atomic E-state index is -4.60. The largest absolute Gasteiger partial charge is 0.433 e. The van der Waals surface area contributed by atoms with Gasteiger partial charge in [-0.05, 0) is 17.7 Å². The number of nitrogens with two attached hydrogens (primary N) is 1. The number of carbonyl (C=O) groups excluding carboxylic acids is 1. The predicted octanol–water partition coefficient (Wildman–Crippen LogP) is 3.60. The van der Waals surface area contributed by atoms with Crippen molar-refractivity contribution in [1.82, 2.24) is 24.6 Å². The molecule has 0 aliphatic carbocycles. The first-order valence-corrected chi connectivity index (χ1v) is 10.2. The van der Waals surface area contributed by atoms with E-state index < -0.39 is 29.6 Å². The van der Waals surface area contributed by atoms with Crippen molar-refractivity contribution in [3.63, 3.8) is 0 Å². The first kappa shape index (κ1) is 22.0. The second-order valence-electron chi connectivity index (χ2n) is 8.09. The lowest BCUT2D eigenvalue weighted by atomic mass is 9.98. The molecule has 1 atom stereocenters. The number of likely N-dealkylation sites (N-methyl/N-ethyl adjacent to an activating group) is 1. The van der Waals surface area contributed by atoms with Crippen LogP contribution in [0.3, 0.4) is 0 Å². The molecule has 1 aliphatic heterocycles. The van der Waals surface area contributed by atoms with Crippen LogP contribution in [0.4, 0.5) is 23.4 Å². The first-order chi connectivity index (χ1) is 16.1. The van der Waals surface area contributed by atoms with E-state index in [0.717, 1.165) is 18.3 Å². The normalized spacial score (nSPS) is 16.1. The molecule has 0 saturated heterocycles. The van der Waals surface area contributed by atoms with Crippen LogP contribution in [0.15, 0.2) is 30.6 Å². The molecule has 2 N–H and O–H groups in total. The average Bonchev–Trinajstić information content (AvgIpc) is 3.19. The number of aromatic nitrogens is 4. The van der Waals surface area contributed by atoms with Gasteiger partial charge in [-0.1, -0.05) is 0 Å². The molecule has 5 rings (SSSR count). The zero-order valence-electron chi connectivity index (χ0n) is 18.0. The molecule has 4 heterocycles. The highest BCUT2D eigenvalue weighted by Gasteiger charge is 2.36. The van der Waals surface area contributed by atoms with Gasteiger partial charge in [0, 0.05) is 37.3 Å². The van der Waals surface area contributed by atoms with Crippen molar-refractivity contribution >= 4 is 33.5 Å². The Morgan fingerprint density at radius 3 is 2.74 bits per heavy atom. The molecule has 0 spiro atoms. The third-order valence-electron chi connectivity index (χ3n) is 6.02. The molecular weight excluding hydrogens is 456 g/mol. The van der Waals surface area contributed by atoms with E-state index in [2.05, 4.69) is 15.1 Å². The molecule has 0 saturated carbocycles. The number of pyridine rings is 2. The van der Waals surface area contributed by atoms with Gasteiger partial charge in [-0.2, -0.15) is 18.3 Å². The Hall–Kier alpha value is -3.80. The number of rotatable bonds is 2.